The maximum Gasteiger partial charge on any atom is -0.000584 e. The Hall–Kier alpha value is -0.430. The molecule has 0 aliphatic heterocycles. The molecule has 1 aromatic rings. The molecule has 60 valence electrons. The third kappa shape index (κ3) is 2.00. The van der Waals surface area contributed by atoms with Crippen LogP contribution in [0.3, 0.4) is 0 Å². The van der Waals surface area contributed by atoms with Crippen molar-refractivity contribution < 1.29 is 0 Å². The van der Waals surface area contributed by atoms with Gasteiger partial charge < -0.3 is 0 Å². The van der Waals surface area contributed by atoms with Gasteiger partial charge in [0.25, 0.3) is 0 Å². The lowest BCUT2D eigenvalue weighted by atomic mass is 9.87. The van der Waals surface area contributed by atoms with Gasteiger partial charge in [0.1, 0.15) is 0 Å². The Morgan fingerprint density at radius 2 is 1.73 bits per heavy atom. The third-order valence-electron chi connectivity index (χ3n) is 1.95. The summed E-state index contributed by atoms with van der Waals surface area (Å²) in [5.74, 6) is 0.886. The van der Waals surface area contributed by atoms with Crippen molar-refractivity contribution in [3.63, 3.8) is 0 Å². The van der Waals surface area contributed by atoms with Gasteiger partial charge in [0.15, 0.2) is 0 Å². The van der Waals surface area contributed by atoms with E-state index in [2.05, 4.69) is 50.7 Å². The monoisotopic (exact) mass is 166 g/mol. The maximum absolute atomic E-state index is 4.31. The van der Waals surface area contributed by atoms with E-state index in [1.807, 2.05) is 6.07 Å². The zero-order chi connectivity index (χ0) is 8.32. The second-order valence-electron chi connectivity index (χ2n) is 3.41. The van der Waals surface area contributed by atoms with Crippen molar-refractivity contribution in [2.75, 3.05) is 5.75 Å². The number of hydrogen-bond acceptors (Lipinski definition) is 1. The van der Waals surface area contributed by atoms with Gasteiger partial charge in [0.2, 0.25) is 0 Å². The molecule has 0 nitrogen and oxygen atoms in total. The zero-order valence-corrected chi connectivity index (χ0v) is 7.94. The highest BCUT2D eigenvalue weighted by Gasteiger charge is 2.17. The van der Waals surface area contributed by atoms with Gasteiger partial charge >= 0.3 is 0 Å². The number of rotatable bonds is 2. The Kier molecular flexibility index (Phi) is 2.61. The summed E-state index contributed by atoms with van der Waals surface area (Å²) in [5, 5.41) is 0. The summed E-state index contributed by atoms with van der Waals surface area (Å²) >= 11 is 4.31. The fourth-order valence-electron chi connectivity index (χ4n) is 0.981. The molecule has 0 aromatic heterocycles. The molecule has 11 heavy (non-hydrogen) atoms. The van der Waals surface area contributed by atoms with Crippen LogP contribution in [-0.4, -0.2) is 5.75 Å². The molecule has 0 amide bonds. The Labute approximate surface area is 74.0 Å². The van der Waals surface area contributed by atoms with Crippen LogP contribution in [0, 0.1) is 0 Å². The first kappa shape index (κ1) is 8.66. The van der Waals surface area contributed by atoms with Crippen LogP contribution in [0.5, 0.6) is 0 Å². The SMILES string of the molecule is CC(C)(CS)c1ccccc1. The summed E-state index contributed by atoms with van der Waals surface area (Å²) in [6, 6.07) is 10.5. The highest BCUT2D eigenvalue weighted by molar-refractivity contribution is 7.80. The predicted octanol–water partition coefficient (Wildman–Crippen LogP) is 2.89. The molecule has 0 saturated carbocycles. The van der Waals surface area contributed by atoms with E-state index in [4.69, 9.17) is 0 Å². The van der Waals surface area contributed by atoms with Crippen LogP contribution in [0.2, 0.25) is 0 Å². The van der Waals surface area contributed by atoms with Crippen molar-refractivity contribution in [1.29, 1.82) is 0 Å². The Balaban J connectivity index is 2.93. The van der Waals surface area contributed by atoms with E-state index in [9.17, 15) is 0 Å². The quantitative estimate of drug-likeness (QED) is 0.642. The zero-order valence-electron chi connectivity index (χ0n) is 7.04. The molecule has 0 bridgehead atoms. The fraction of sp³-hybridized carbons (Fsp3) is 0.400. The molecule has 1 aromatic carbocycles. The van der Waals surface area contributed by atoms with E-state index in [1.54, 1.807) is 0 Å². The lowest BCUT2D eigenvalue weighted by molar-refractivity contribution is 0.604. The Morgan fingerprint density at radius 1 is 1.18 bits per heavy atom. The molecule has 0 aliphatic rings. The van der Waals surface area contributed by atoms with Crippen molar-refractivity contribution in [2.24, 2.45) is 0 Å². The van der Waals surface area contributed by atoms with Gasteiger partial charge in [-0.2, -0.15) is 12.6 Å². The summed E-state index contributed by atoms with van der Waals surface area (Å²) in [4.78, 5) is 0. The standard InChI is InChI=1S/C10H14S/c1-10(2,8-11)9-6-4-3-5-7-9/h3-7,11H,8H2,1-2H3. The van der Waals surface area contributed by atoms with Crippen LogP contribution in [0.25, 0.3) is 0 Å². The average molecular weight is 166 g/mol. The molecule has 0 atom stereocenters. The Bertz CT molecular complexity index is 214. The number of hydrogen-bond donors (Lipinski definition) is 1. The topological polar surface area (TPSA) is 0 Å². The second kappa shape index (κ2) is 3.31. The van der Waals surface area contributed by atoms with E-state index in [-0.39, 0.29) is 5.41 Å². The van der Waals surface area contributed by atoms with Crippen LogP contribution in [0.1, 0.15) is 19.4 Å². The van der Waals surface area contributed by atoms with E-state index in [0.717, 1.165) is 5.75 Å². The van der Waals surface area contributed by atoms with E-state index in [1.165, 1.54) is 5.56 Å². The van der Waals surface area contributed by atoms with E-state index in [0.29, 0.717) is 0 Å². The summed E-state index contributed by atoms with van der Waals surface area (Å²) < 4.78 is 0. The van der Waals surface area contributed by atoms with Crippen molar-refractivity contribution in [2.45, 2.75) is 19.3 Å². The van der Waals surface area contributed by atoms with E-state index >= 15 is 0 Å². The number of thiol groups is 1. The minimum atomic E-state index is 0.199. The van der Waals surface area contributed by atoms with Crippen LogP contribution in [0.4, 0.5) is 0 Å². The first-order valence-corrected chi connectivity index (χ1v) is 4.46. The van der Waals surface area contributed by atoms with Crippen molar-refractivity contribution in [1.82, 2.24) is 0 Å². The van der Waals surface area contributed by atoms with Gasteiger partial charge in [-0.25, -0.2) is 0 Å². The van der Waals surface area contributed by atoms with Gasteiger partial charge in [-0.05, 0) is 16.7 Å². The van der Waals surface area contributed by atoms with Gasteiger partial charge in [0.05, 0.1) is 0 Å². The molecule has 0 fully saturated rings. The van der Waals surface area contributed by atoms with Crippen LogP contribution >= 0.6 is 12.6 Å². The normalized spacial score (nSPS) is 11.5. The molecule has 0 aliphatic carbocycles. The van der Waals surface area contributed by atoms with Gasteiger partial charge in [-0.1, -0.05) is 44.2 Å². The predicted molar refractivity (Wildman–Crippen MR) is 53.3 cm³/mol. The molecule has 0 N–H and O–H groups in total. The third-order valence-corrected chi connectivity index (χ3v) is 2.74. The molecule has 1 heteroatoms. The minimum absolute atomic E-state index is 0.199. The molecular weight excluding hydrogens is 152 g/mol. The lowest BCUT2D eigenvalue weighted by Crippen LogP contribution is -2.18. The molecule has 0 unspecified atom stereocenters. The smallest absolute Gasteiger partial charge is 0.000584 e. The van der Waals surface area contributed by atoms with Crippen LogP contribution in [-0.2, 0) is 5.41 Å². The first-order valence-electron chi connectivity index (χ1n) is 3.83. The molecule has 1 rings (SSSR count). The highest BCUT2D eigenvalue weighted by atomic mass is 32.1. The molecule has 0 spiro atoms. The minimum Gasteiger partial charge on any atom is -0.178 e. The van der Waals surface area contributed by atoms with Gasteiger partial charge in [0, 0.05) is 0 Å². The Morgan fingerprint density at radius 3 is 2.18 bits per heavy atom. The van der Waals surface area contributed by atoms with Crippen LogP contribution < -0.4 is 0 Å². The largest absolute Gasteiger partial charge is 0.178 e. The highest BCUT2D eigenvalue weighted by Crippen LogP contribution is 2.23. The lowest BCUT2D eigenvalue weighted by Gasteiger charge is -2.22. The summed E-state index contributed by atoms with van der Waals surface area (Å²) in [6.45, 7) is 4.41. The van der Waals surface area contributed by atoms with Gasteiger partial charge in [-0.3, -0.25) is 0 Å². The first-order chi connectivity index (χ1) is 5.17. The molecule has 0 heterocycles. The van der Waals surface area contributed by atoms with Crippen molar-refractivity contribution >= 4 is 12.6 Å². The average Bonchev–Trinajstić information content (AvgIpc) is 2.06. The summed E-state index contributed by atoms with van der Waals surface area (Å²) in [7, 11) is 0. The molecular formula is C10H14S. The van der Waals surface area contributed by atoms with Crippen molar-refractivity contribution in [3.05, 3.63) is 35.9 Å². The van der Waals surface area contributed by atoms with Crippen LogP contribution in [0.15, 0.2) is 30.3 Å². The number of benzene rings is 1. The summed E-state index contributed by atoms with van der Waals surface area (Å²) in [6.07, 6.45) is 0. The molecule has 0 radical (unpaired) electrons. The van der Waals surface area contributed by atoms with Gasteiger partial charge in [-0.15, -0.1) is 0 Å². The fourth-order valence-corrected chi connectivity index (χ4v) is 1.16. The maximum atomic E-state index is 4.31. The molecule has 0 saturated heterocycles. The summed E-state index contributed by atoms with van der Waals surface area (Å²) in [5.41, 5.74) is 1.56. The van der Waals surface area contributed by atoms with E-state index < -0.39 is 0 Å². The second-order valence-corrected chi connectivity index (χ2v) is 3.72. The van der Waals surface area contributed by atoms with Crippen molar-refractivity contribution in [3.8, 4) is 0 Å².